The molecule has 0 saturated heterocycles. The van der Waals surface area contributed by atoms with E-state index < -0.39 is 0 Å². The van der Waals surface area contributed by atoms with E-state index in [0.717, 1.165) is 0 Å². The molecule has 0 saturated carbocycles. The van der Waals surface area contributed by atoms with Gasteiger partial charge in [-0.3, -0.25) is 4.79 Å². The van der Waals surface area contributed by atoms with Crippen molar-refractivity contribution in [2.75, 3.05) is 25.5 Å². The molecule has 1 aromatic rings. The first-order chi connectivity index (χ1) is 7.76. The van der Waals surface area contributed by atoms with Crippen LogP contribution in [-0.2, 0) is 4.79 Å². The van der Waals surface area contributed by atoms with Crippen molar-refractivity contribution in [3.05, 3.63) is 12.3 Å². The fourth-order valence-corrected chi connectivity index (χ4v) is 1.07. The summed E-state index contributed by atoms with van der Waals surface area (Å²) in [5.41, 5.74) is 0. The second kappa shape index (κ2) is 6.60. The van der Waals surface area contributed by atoms with Crippen molar-refractivity contribution in [1.82, 2.24) is 15.3 Å². The van der Waals surface area contributed by atoms with Gasteiger partial charge in [-0.2, -0.15) is 4.98 Å². The Labute approximate surface area is 94.4 Å². The summed E-state index contributed by atoms with van der Waals surface area (Å²) in [6.45, 7) is 2.95. The highest BCUT2D eigenvalue weighted by atomic mass is 16.5. The van der Waals surface area contributed by atoms with Crippen LogP contribution in [0.1, 0.15) is 13.3 Å². The highest BCUT2D eigenvalue weighted by molar-refractivity contribution is 5.75. The molecule has 0 bridgehead atoms. The summed E-state index contributed by atoms with van der Waals surface area (Å²) in [5, 5.41) is 5.48. The largest absolute Gasteiger partial charge is 0.478 e. The number of amides is 1. The molecule has 1 heterocycles. The fourth-order valence-electron chi connectivity index (χ4n) is 1.07. The van der Waals surface area contributed by atoms with Gasteiger partial charge in [0.2, 0.25) is 17.7 Å². The molecule has 16 heavy (non-hydrogen) atoms. The van der Waals surface area contributed by atoms with Gasteiger partial charge in [0.05, 0.1) is 6.61 Å². The van der Waals surface area contributed by atoms with Gasteiger partial charge in [0.15, 0.2) is 0 Å². The highest BCUT2D eigenvalue weighted by Crippen LogP contribution is 2.07. The quantitative estimate of drug-likeness (QED) is 0.732. The monoisotopic (exact) mass is 224 g/mol. The van der Waals surface area contributed by atoms with E-state index in [9.17, 15) is 4.79 Å². The van der Waals surface area contributed by atoms with Crippen molar-refractivity contribution in [2.45, 2.75) is 13.3 Å². The van der Waals surface area contributed by atoms with E-state index in [0.29, 0.717) is 31.4 Å². The SMILES string of the molecule is CCOc1ccnc(NCCC(=O)NC)n1. The summed E-state index contributed by atoms with van der Waals surface area (Å²) in [6, 6.07) is 1.69. The Balaban J connectivity index is 2.41. The molecule has 0 aliphatic heterocycles. The van der Waals surface area contributed by atoms with Crippen molar-refractivity contribution in [2.24, 2.45) is 0 Å². The molecule has 0 fully saturated rings. The van der Waals surface area contributed by atoms with E-state index in [-0.39, 0.29) is 5.91 Å². The molecule has 0 spiro atoms. The minimum atomic E-state index is -0.0199. The van der Waals surface area contributed by atoms with E-state index in [1.54, 1.807) is 19.3 Å². The number of nitrogens with zero attached hydrogens (tertiary/aromatic N) is 2. The Morgan fingerprint density at radius 2 is 2.38 bits per heavy atom. The normalized spacial score (nSPS) is 9.62. The van der Waals surface area contributed by atoms with Gasteiger partial charge in [-0.15, -0.1) is 0 Å². The van der Waals surface area contributed by atoms with E-state index in [1.165, 1.54) is 0 Å². The lowest BCUT2D eigenvalue weighted by molar-refractivity contribution is -0.120. The number of carbonyl (C=O) groups excluding carboxylic acids is 1. The second-order valence-electron chi connectivity index (χ2n) is 3.00. The van der Waals surface area contributed by atoms with Gasteiger partial charge in [0.1, 0.15) is 0 Å². The Kier molecular flexibility index (Phi) is 5.04. The lowest BCUT2D eigenvalue weighted by Crippen LogP contribution is -2.21. The number of ether oxygens (including phenoxy) is 1. The Bertz CT molecular complexity index is 343. The maximum absolute atomic E-state index is 11.0. The van der Waals surface area contributed by atoms with Crippen LogP contribution in [0, 0.1) is 0 Å². The molecular weight excluding hydrogens is 208 g/mol. The average molecular weight is 224 g/mol. The molecule has 0 aromatic carbocycles. The van der Waals surface area contributed by atoms with Gasteiger partial charge < -0.3 is 15.4 Å². The zero-order valence-electron chi connectivity index (χ0n) is 9.49. The van der Waals surface area contributed by atoms with Crippen LogP contribution < -0.4 is 15.4 Å². The molecule has 6 nitrogen and oxygen atoms in total. The van der Waals surface area contributed by atoms with Crippen molar-refractivity contribution >= 4 is 11.9 Å². The summed E-state index contributed by atoms with van der Waals surface area (Å²) in [4.78, 5) is 19.1. The molecule has 0 aliphatic carbocycles. The lowest BCUT2D eigenvalue weighted by Gasteiger charge is -2.06. The minimum absolute atomic E-state index is 0.0199. The number of hydrogen-bond donors (Lipinski definition) is 2. The lowest BCUT2D eigenvalue weighted by atomic mass is 10.4. The smallest absolute Gasteiger partial charge is 0.225 e. The van der Waals surface area contributed by atoms with Gasteiger partial charge >= 0.3 is 0 Å². The fraction of sp³-hybridized carbons (Fsp3) is 0.500. The predicted octanol–water partition coefficient (Wildman–Crippen LogP) is 0.423. The number of anilines is 1. The third-order valence-electron chi connectivity index (χ3n) is 1.84. The molecule has 0 radical (unpaired) electrons. The second-order valence-corrected chi connectivity index (χ2v) is 3.00. The average Bonchev–Trinajstić information content (AvgIpc) is 2.30. The number of nitrogens with one attached hydrogen (secondary N) is 2. The molecule has 0 aliphatic rings. The van der Waals surface area contributed by atoms with Crippen LogP contribution in [-0.4, -0.2) is 36.1 Å². The van der Waals surface area contributed by atoms with Crippen molar-refractivity contribution in [3.63, 3.8) is 0 Å². The minimum Gasteiger partial charge on any atom is -0.478 e. The van der Waals surface area contributed by atoms with Crippen LogP contribution in [0.5, 0.6) is 5.88 Å². The van der Waals surface area contributed by atoms with E-state index in [1.807, 2.05) is 6.92 Å². The van der Waals surface area contributed by atoms with Crippen LogP contribution >= 0.6 is 0 Å². The number of rotatable bonds is 6. The molecule has 6 heteroatoms. The van der Waals surface area contributed by atoms with Crippen molar-refractivity contribution in [3.8, 4) is 5.88 Å². The molecule has 88 valence electrons. The first-order valence-electron chi connectivity index (χ1n) is 5.16. The summed E-state index contributed by atoms with van der Waals surface area (Å²) >= 11 is 0. The Hall–Kier alpha value is -1.85. The number of aromatic nitrogens is 2. The summed E-state index contributed by atoms with van der Waals surface area (Å²) in [7, 11) is 1.61. The number of hydrogen-bond acceptors (Lipinski definition) is 5. The third kappa shape index (κ3) is 4.12. The maximum atomic E-state index is 11.0. The van der Waals surface area contributed by atoms with Gasteiger partial charge in [0.25, 0.3) is 0 Å². The molecular formula is C10H16N4O2. The van der Waals surface area contributed by atoms with Gasteiger partial charge in [0, 0.05) is 32.3 Å². The molecule has 2 N–H and O–H groups in total. The molecule has 0 atom stereocenters. The van der Waals surface area contributed by atoms with Crippen LogP contribution in [0.15, 0.2) is 12.3 Å². The first-order valence-corrected chi connectivity index (χ1v) is 5.16. The van der Waals surface area contributed by atoms with Gasteiger partial charge in [-0.1, -0.05) is 0 Å². The van der Waals surface area contributed by atoms with Gasteiger partial charge in [-0.05, 0) is 6.92 Å². The van der Waals surface area contributed by atoms with Crippen LogP contribution in [0.2, 0.25) is 0 Å². The molecule has 1 aromatic heterocycles. The van der Waals surface area contributed by atoms with E-state index >= 15 is 0 Å². The standard InChI is InChI=1S/C10H16N4O2/c1-3-16-9-5-7-13-10(14-9)12-6-4-8(15)11-2/h5,7H,3-4,6H2,1-2H3,(H,11,15)(H,12,13,14). The molecule has 1 amide bonds. The Morgan fingerprint density at radius 3 is 3.06 bits per heavy atom. The Morgan fingerprint density at radius 1 is 1.56 bits per heavy atom. The van der Waals surface area contributed by atoms with Crippen LogP contribution in [0.4, 0.5) is 5.95 Å². The zero-order valence-corrected chi connectivity index (χ0v) is 9.49. The molecule has 1 rings (SSSR count). The topological polar surface area (TPSA) is 76.1 Å². The summed E-state index contributed by atoms with van der Waals surface area (Å²) in [6.07, 6.45) is 2.00. The third-order valence-corrected chi connectivity index (χ3v) is 1.84. The predicted molar refractivity (Wildman–Crippen MR) is 60.4 cm³/mol. The van der Waals surface area contributed by atoms with Gasteiger partial charge in [-0.25, -0.2) is 4.98 Å². The van der Waals surface area contributed by atoms with Crippen molar-refractivity contribution < 1.29 is 9.53 Å². The van der Waals surface area contributed by atoms with E-state index in [2.05, 4.69) is 20.6 Å². The first kappa shape index (κ1) is 12.2. The van der Waals surface area contributed by atoms with Crippen molar-refractivity contribution in [1.29, 1.82) is 0 Å². The van der Waals surface area contributed by atoms with Crippen LogP contribution in [0.3, 0.4) is 0 Å². The summed E-state index contributed by atoms with van der Waals surface area (Å²) in [5.74, 6) is 0.975. The highest BCUT2D eigenvalue weighted by Gasteiger charge is 2.00. The maximum Gasteiger partial charge on any atom is 0.225 e. The van der Waals surface area contributed by atoms with E-state index in [4.69, 9.17) is 4.74 Å². The van der Waals surface area contributed by atoms with Crippen LogP contribution in [0.25, 0.3) is 0 Å². The number of carbonyl (C=O) groups is 1. The summed E-state index contributed by atoms with van der Waals surface area (Å²) < 4.78 is 5.22. The molecule has 0 unspecified atom stereocenters. The zero-order chi connectivity index (χ0) is 11.8.